The van der Waals surface area contributed by atoms with Crippen LogP contribution in [0.5, 0.6) is 0 Å². The molecule has 2 aromatic heterocycles. The van der Waals surface area contributed by atoms with Gasteiger partial charge in [0, 0.05) is 5.92 Å². The van der Waals surface area contributed by atoms with Crippen molar-refractivity contribution in [3.63, 3.8) is 0 Å². The molecule has 1 aliphatic rings. The highest BCUT2D eigenvalue weighted by Crippen LogP contribution is 2.38. The molecule has 0 amide bonds. The Bertz CT molecular complexity index is 544. The zero-order valence-corrected chi connectivity index (χ0v) is 7.79. The van der Waals surface area contributed by atoms with E-state index in [0.717, 1.165) is 18.7 Å². The van der Waals surface area contributed by atoms with Gasteiger partial charge >= 0.3 is 5.97 Å². The van der Waals surface area contributed by atoms with Crippen molar-refractivity contribution in [2.45, 2.75) is 18.8 Å². The largest absolute Gasteiger partial charge is 0.476 e. The Kier molecular flexibility index (Phi) is 1.53. The fraction of sp³-hybridized carbons (Fsp3) is 0.333. The number of aromatic carboxylic acids is 1. The minimum atomic E-state index is -1.03. The van der Waals surface area contributed by atoms with E-state index in [1.807, 2.05) is 0 Å². The number of hydrogen-bond donors (Lipinski definition) is 1. The van der Waals surface area contributed by atoms with Gasteiger partial charge in [-0.15, -0.1) is 10.2 Å². The predicted molar refractivity (Wildman–Crippen MR) is 49.7 cm³/mol. The first-order valence-corrected chi connectivity index (χ1v) is 4.71. The lowest BCUT2D eigenvalue weighted by Crippen LogP contribution is -2.06. The number of nitrogens with zero attached hydrogens (tertiary/aromatic N) is 4. The molecule has 6 nitrogen and oxygen atoms in total. The molecule has 76 valence electrons. The standard InChI is InChI=1S/C9H8N4O2/c14-9(15)6-3-4-7-10-11-8(5-1-2-5)13(7)12-6/h3-5H,1-2H2,(H,14,15). The summed E-state index contributed by atoms with van der Waals surface area (Å²) in [7, 11) is 0. The molecule has 6 heteroatoms. The van der Waals surface area contributed by atoms with E-state index in [-0.39, 0.29) is 5.69 Å². The molecule has 0 atom stereocenters. The predicted octanol–water partition coefficient (Wildman–Crippen LogP) is 0.700. The zero-order valence-electron chi connectivity index (χ0n) is 7.79. The van der Waals surface area contributed by atoms with E-state index in [4.69, 9.17) is 5.11 Å². The summed E-state index contributed by atoms with van der Waals surface area (Å²) in [5.74, 6) is 0.136. The third-order valence-electron chi connectivity index (χ3n) is 2.45. The lowest BCUT2D eigenvalue weighted by Gasteiger charge is -1.97. The van der Waals surface area contributed by atoms with Crippen LogP contribution in [0.15, 0.2) is 12.1 Å². The number of carbonyl (C=O) groups is 1. The molecule has 0 aliphatic heterocycles. The van der Waals surface area contributed by atoms with Gasteiger partial charge in [-0.3, -0.25) is 0 Å². The molecule has 0 unspecified atom stereocenters. The third kappa shape index (κ3) is 1.25. The van der Waals surface area contributed by atoms with Gasteiger partial charge < -0.3 is 5.11 Å². The lowest BCUT2D eigenvalue weighted by atomic mass is 10.4. The summed E-state index contributed by atoms with van der Waals surface area (Å²) in [6.45, 7) is 0. The third-order valence-corrected chi connectivity index (χ3v) is 2.45. The Morgan fingerprint density at radius 3 is 2.87 bits per heavy atom. The van der Waals surface area contributed by atoms with Gasteiger partial charge in [0.15, 0.2) is 17.2 Å². The summed E-state index contributed by atoms with van der Waals surface area (Å²) in [6, 6.07) is 3.05. The van der Waals surface area contributed by atoms with Crippen LogP contribution in [0.3, 0.4) is 0 Å². The van der Waals surface area contributed by atoms with Crippen LogP contribution in [0.25, 0.3) is 5.65 Å². The Morgan fingerprint density at radius 2 is 2.20 bits per heavy atom. The second-order valence-corrected chi connectivity index (χ2v) is 3.63. The normalized spacial score (nSPS) is 15.7. The molecule has 1 fully saturated rings. The monoisotopic (exact) mass is 204 g/mol. The summed E-state index contributed by atoms with van der Waals surface area (Å²) in [5.41, 5.74) is 0.617. The Labute approximate surface area is 84.6 Å². The maximum atomic E-state index is 10.7. The van der Waals surface area contributed by atoms with Crippen LogP contribution < -0.4 is 0 Å². The molecule has 1 N–H and O–H groups in total. The van der Waals surface area contributed by atoms with Crippen LogP contribution in [-0.2, 0) is 0 Å². The number of carboxylic acid groups (broad SMARTS) is 1. The van der Waals surface area contributed by atoms with Gasteiger partial charge in [0.25, 0.3) is 0 Å². The van der Waals surface area contributed by atoms with E-state index in [1.165, 1.54) is 10.6 Å². The number of aromatic nitrogens is 4. The molecule has 0 aromatic carbocycles. The van der Waals surface area contributed by atoms with Gasteiger partial charge in [0.1, 0.15) is 0 Å². The Balaban J connectivity index is 2.21. The quantitative estimate of drug-likeness (QED) is 0.778. The zero-order chi connectivity index (χ0) is 10.4. The topological polar surface area (TPSA) is 80.4 Å². The van der Waals surface area contributed by atoms with E-state index in [0.29, 0.717) is 11.6 Å². The first kappa shape index (κ1) is 8.34. The second kappa shape index (κ2) is 2.75. The van der Waals surface area contributed by atoms with E-state index < -0.39 is 5.97 Å². The summed E-state index contributed by atoms with van der Waals surface area (Å²) in [4.78, 5) is 10.7. The van der Waals surface area contributed by atoms with Crippen molar-refractivity contribution in [2.75, 3.05) is 0 Å². The highest BCUT2D eigenvalue weighted by atomic mass is 16.4. The van der Waals surface area contributed by atoms with E-state index in [2.05, 4.69) is 15.3 Å². The van der Waals surface area contributed by atoms with Crippen molar-refractivity contribution < 1.29 is 9.90 Å². The van der Waals surface area contributed by atoms with Crippen LogP contribution in [0.2, 0.25) is 0 Å². The van der Waals surface area contributed by atoms with Gasteiger partial charge in [-0.25, -0.2) is 4.79 Å². The Morgan fingerprint density at radius 1 is 1.40 bits per heavy atom. The highest BCUT2D eigenvalue weighted by molar-refractivity contribution is 5.85. The number of fused-ring (bicyclic) bond motifs is 1. The lowest BCUT2D eigenvalue weighted by molar-refractivity contribution is 0.0689. The molecule has 0 saturated heterocycles. The van der Waals surface area contributed by atoms with E-state index in [1.54, 1.807) is 6.07 Å². The van der Waals surface area contributed by atoms with Crippen LogP contribution in [-0.4, -0.2) is 30.9 Å². The average molecular weight is 204 g/mol. The van der Waals surface area contributed by atoms with Crippen molar-refractivity contribution in [1.29, 1.82) is 0 Å². The molecule has 2 aromatic rings. The number of rotatable bonds is 2. The van der Waals surface area contributed by atoms with E-state index in [9.17, 15) is 4.79 Å². The minimum absolute atomic E-state index is 0.0178. The number of hydrogen-bond acceptors (Lipinski definition) is 4. The van der Waals surface area contributed by atoms with Gasteiger partial charge in [0.05, 0.1) is 0 Å². The van der Waals surface area contributed by atoms with Gasteiger partial charge in [-0.2, -0.15) is 9.61 Å². The SMILES string of the molecule is O=C(O)c1ccc2nnc(C3CC3)n2n1. The molecule has 15 heavy (non-hydrogen) atoms. The van der Waals surface area contributed by atoms with Crippen LogP contribution in [0.4, 0.5) is 0 Å². The summed E-state index contributed by atoms with van der Waals surface area (Å²) >= 11 is 0. The second-order valence-electron chi connectivity index (χ2n) is 3.63. The highest BCUT2D eigenvalue weighted by Gasteiger charge is 2.29. The van der Waals surface area contributed by atoms with Gasteiger partial charge in [-0.05, 0) is 25.0 Å². The van der Waals surface area contributed by atoms with Crippen molar-refractivity contribution >= 4 is 11.6 Å². The summed E-state index contributed by atoms with van der Waals surface area (Å²) < 4.78 is 1.53. The van der Waals surface area contributed by atoms with Crippen molar-refractivity contribution in [1.82, 2.24) is 19.8 Å². The summed E-state index contributed by atoms with van der Waals surface area (Å²) in [6.07, 6.45) is 2.17. The van der Waals surface area contributed by atoms with Crippen molar-refractivity contribution in [3.05, 3.63) is 23.7 Å². The van der Waals surface area contributed by atoms with Gasteiger partial charge in [-0.1, -0.05) is 0 Å². The van der Waals surface area contributed by atoms with E-state index >= 15 is 0 Å². The molecule has 3 rings (SSSR count). The number of carboxylic acids is 1. The molecule has 0 bridgehead atoms. The molecule has 0 radical (unpaired) electrons. The van der Waals surface area contributed by atoms with Crippen molar-refractivity contribution in [3.8, 4) is 0 Å². The van der Waals surface area contributed by atoms with Gasteiger partial charge in [0.2, 0.25) is 0 Å². The maximum Gasteiger partial charge on any atom is 0.356 e. The molecule has 0 spiro atoms. The smallest absolute Gasteiger partial charge is 0.356 e. The van der Waals surface area contributed by atoms with Crippen molar-refractivity contribution in [2.24, 2.45) is 0 Å². The van der Waals surface area contributed by atoms with Crippen LogP contribution in [0, 0.1) is 0 Å². The summed E-state index contributed by atoms with van der Waals surface area (Å²) in [5, 5.41) is 20.8. The maximum absolute atomic E-state index is 10.7. The first-order chi connectivity index (χ1) is 7.25. The fourth-order valence-corrected chi connectivity index (χ4v) is 1.52. The molecule has 1 aliphatic carbocycles. The molecular formula is C9H8N4O2. The first-order valence-electron chi connectivity index (χ1n) is 4.71. The molecular weight excluding hydrogens is 196 g/mol. The average Bonchev–Trinajstić information content (AvgIpc) is 2.98. The Hall–Kier alpha value is -1.98. The molecule has 1 saturated carbocycles. The molecule has 2 heterocycles. The minimum Gasteiger partial charge on any atom is -0.476 e. The van der Waals surface area contributed by atoms with Crippen LogP contribution in [0.1, 0.15) is 35.1 Å². The fourth-order valence-electron chi connectivity index (χ4n) is 1.52. The van der Waals surface area contributed by atoms with Crippen LogP contribution >= 0.6 is 0 Å².